The second kappa shape index (κ2) is 7.23. The Labute approximate surface area is 166 Å². The van der Waals surface area contributed by atoms with Crippen LogP contribution in [0.1, 0.15) is 42.5 Å². The van der Waals surface area contributed by atoms with Crippen LogP contribution in [0.15, 0.2) is 48.0 Å². The van der Waals surface area contributed by atoms with Crippen LogP contribution in [0, 0.1) is 0 Å². The summed E-state index contributed by atoms with van der Waals surface area (Å²) in [6, 6.07) is 14.6. The lowest BCUT2D eigenvalue weighted by atomic mass is 9.85. The Kier molecular flexibility index (Phi) is 4.75. The minimum atomic E-state index is -0.0612. The van der Waals surface area contributed by atoms with Gasteiger partial charge in [0.25, 0.3) is 0 Å². The smallest absolute Gasteiger partial charge is 0.241 e. The SMILES string of the molecule is CCC(=O)N1NC2=C(CCc3cc(OC)ccc32)C1c1ccc(N(C)C)cc1. The number of anilines is 1. The van der Waals surface area contributed by atoms with E-state index in [0.29, 0.717) is 6.42 Å². The summed E-state index contributed by atoms with van der Waals surface area (Å²) >= 11 is 0. The molecule has 1 aliphatic heterocycles. The van der Waals surface area contributed by atoms with Crippen LogP contribution in [-0.4, -0.2) is 32.1 Å². The molecule has 0 spiro atoms. The maximum atomic E-state index is 12.7. The number of nitrogens with one attached hydrogen (secondary N) is 1. The molecule has 1 N–H and O–H groups in total. The van der Waals surface area contributed by atoms with Crippen LogP contribution in [0.25, 0.3) is 5.70 Å². The van der Waals surface area contributed by atoms with Crippen molar-refractivity contribution >= 4 is 17.3 Å². The number of hydrogen-bond donors (Lipinski definition) is 1. The molecule has 1 aliphatic carbocycles. The molecule has 0 radical (unpaired) electrons. The molecule has 1 unspecified atom stereocenters. The number of nitrogens with zero attached hydrogens (tertiary/aromatic N) is 2. The number of rotatable bonds is 4. The molecule has 5 nitrogen and oxygen atoms in total. The van der Waals surface area contributed by atoms with Gasteiger partial charge in [-0.05, 0) is 59.9 Å². The number of fused-ring (bicyclic) bond motifs is 2. The number of methoxy groups -OCH3 is 1. The average Bonchev–Trinajstić information content (AvgIpc) is 3.12. The van der Waals surface area contributed by atoms with Gasteiger partial charge in [0.2, 0.25) is 5.91 Å². The summed E-state index contributed by atoms with van der Waals surface area (Å²) in [5, 5.41) is 1.81. The molecule has 2 aromatic carbocycles. The van der Waals surface area contributed by atoms with Crippen LogP contribution in [0.3, 0.4) is 0 Å². The Bertz CT molecular complexity index is 931. The summed E-state index contributed by atoms with van der Waals surface area (Å²) in [6.07, 6.45) is 2.35. The molecular weight excluding hydrogens is 350 g/mol. The molecule has 28 heavy (non-hydrogen) atoms. The highest BCUT2D eigenvalue weighted by atomic mass is 16.5. The molecule has 1 heterocycles. The number of amides is 1. The Balaban J connectivity index is 1.78. The maximum absolute atomic E-state index is 12.7. The van der Waals surface area contributed by atoms with Crippen LogP contribution < -0.4 is 15.1 Å². The Morgan fingerprint density at radius 2 is 1.93 bits per heavy atom. The fraction of sp³-hybridized carbons (Fsp3) is 0.348. The molecular formula is C23H27N3O2. The quantitative estimate of drug-likeness (QED) is 0.877. The number of carbonyl (C=O) groups is 1. The second-order valence-corrected chi connectivity index (χ2v) is 7.54. The largest absolute Gasteiger partial charge is 0.497 e. The van der Waals surface area contributed by atoms with Crippen LogP contribution in [-0.2, 0) is 11.2 Å². The van der Waals surface area contributed by atoms with Gasteiger partial charge in [0.05, 0.1) is 12.8 Å². The number of carbonyl (C=O) groups excluding carboxylic acids is 1. The van der Waals surface area contributed by atoms with Gasteiger partial charge in [-0.25, -0.2) is 5.01 Å². The first kappa shape index (κ1) is 18.4. The van der Waals surface area contributed by atoms with Crippen molar-refractivity contribution in [3.05, 3.63) is 64.7 Å². The summed E-state index contributed by atoms with van der Waals surface area (Å²) in [5.74, 6) is 0.976. The standard InChI is InChI=1S/C23H27N3O2/c1-5-21(27)26-23(15-6-9-17(10-7-15)25(2)3)20-12-8-16-14-18(28-4)11-13-19(16)22(20)24-26/h6-7,9-11,13-14,23-24H,5,8,12H2,1-4H3. The van der Waals surface area contributed by atoms with Crippen molar-refractivity contribution in [2.45, 2.75) is 32.2 Å². The lowest BCUT2D eigenvalue weighted by Gasteiger charge is -2.27. The van der Waals surface area contributed by atoms with Gasteiger partial charge in [0, 0.05) is 31.8 Å². The zero-order valence-electron chi connectivity index (χ0n) is 17.0. The van der Waals surface area contributed by atoms with E-state index in [-0.39, 0.29) is 11.9 Å². The minimum absolute atomic E-state index is 0.0612. The maximum Gasteiger partial charge on any atom is 0.241 e. The lowest BCUT2D eigenvalue weighted by Crippen LogP contribution is -2.39. The summed E-state index contributed by atoms with van der Waals surface area (Å²) < 4.78 is 5.38. The van der Waals surface area contributed by atoms with Gasteiger partial charge >= 0.3 is 0 Å². The summed E-state index contributed by atoms with van der Waals surface area (Å²) in [5.41, 5.74) is 10.5. The van der Waals surface area contributed by atoms with Crippen LogP contribution in [0.2, 0.25) is 0 Å². The highest BCUT2D eigenvalue weighted by Gasteiger charge is 2.38. The van der Waals surface area contributed by atoms with Crippen LogP contribution in [0.5, 0.6) is 5.75 Å². The Hall–Kier alpha value is -2.95. The molecule has 146 valence electrons. The molecule has 0 fully saturated rings. The minimum Gasteiger partial charge on any atom is -0.497 e. The van der Waals surface area contributed by atoms with E-state index < -0.39 is 0 Å². The summed E-state index contributed by atoms with van der Waals surface area (Å²) in [4.78, 5) is 14.8. The van der Waals surface area contributed by atoms with Gasteiger partial charge < -0.3 is 9.64 Å². The average molecular weight is 377 g/mol. The highest BCUT2D eigenvalue weighted by molar-refractivity contribution is 5.83. The van der Waals surface area contributed by atoms with Crippen molar-refractivity contribution in [3.8, 4) is 5.75 Å². The van der Waals surface area contributed by atoms with Gasteiger partial charge in [-0.3, -0.25) is 10.2 Å². The van der Waals surface area contributed by atoms with Crippen molar-refractivity contribution in [2.75, 3.05) is 26.1 Å². The van der Waals surface area contributed by atoms with E-state index in [2.05, 4.69) is 46.7 Å². The summed E-state index contributed by atoms with van der Waals surface area (Å²) in [6.45, 7) is 1.91. The fourth-order valence-electron chi connectivity index (χ4n) is 4.14. The van der Waals surface area contributed by atoms with Gasteiger partial charge in [-0.15, -0.1) is 0 Å². The normalized spacial score (nSPS) is 17.7. The van der Waals surface area contributed by atoms with E-state index in [0.717, 1.165) is 35.5 Å². The number of hydrazine groups is 1. The molecule has 0 saturated heterocycles. The predicted molar refractivity (Wildman–Crippen MR) is 112 cm³/mol. The third-order valence-electron chi connectivity index (χ3n) is 5.68. The third-order valence-corrected chi connectivity index (χ3v) is 5.68. The van der Waals surface area contributed by atoms with E-state index in [4.69, 9.17) is 4.74 Å². The van der Waals surface area contributed by atoms with E-state index in [1.165, 1.54) is 16.7 Å². The first-order chi connectivity index (χ1) is 13.5. The van der Waals surface area contributed by atoms with Crippen molar-refractivity contribution < 1.29 is 9.53 Å². The van der Waals surface area contributed by atoms with Crippen molar-refractivity contribution in [1.82, 2.24) is 10.4 Å². The molecule has 5 heteroatoms. The number of ether oxygens (including phenoxy) is 1. The highest BCUT2D eigenvalue weighted by Crippen LogP contribution is 2.45. The predicted octanol–water partition coefficient (Wildman–Crippen LogP) is 3.92. The van der Waals surface area contributed by atoms with Crippen LogP contribution in [0.4, 0.5) is 5.69 Å². The molecule has 0 bridgehead atoms. The summed E-state index contributed by atoms with van der Waals surface area (Å²) in [7, 11) is 5.76. The topological polar surface area (TPSA) is 44.8 Å². The molecule has 1 atom stereocenters. The van der Waals surface area contributed by atoms with E-state index >= 15 is 0 Å². The van der Waals surface area contributed by atoms with Crippen molar-refractivity contribution in [1.29, 1.82) is 0 Å². The van der Waals surface area contributed by atoms with E-state index in [1.54, 1.807) is 7.11 Å². The van der Waals surface area contributed by atoms with Crippen molar-refractivity contribution in [3.63, 3.8) is 0 Å². The number of aryl methyl sites for hydroxylation is 1. The first-order valence-corrected chi connectivity index (χ1v) is 9.79. The van der Waals surface area contributed by atoms with Gasteiger partial charge in [0.15, 0.2) is 0 Å². The monoisotopic (exact) mass is 377 g/mol. The van der Waals surface area contributed by atoms with Gasteiger partial charge in [0.1, 0.15) is 11.8 Å². The molecule has 1 amide bonds. The molecule has 2 aromatic rings. The Morgan fingerprint density at radius 1 is 1.18 bits per heavy atom. The zero-order valence-corrected chi connectivity index (χ0v) is 17.0. The lowest BCUT2D eigenvalue weighted by molar-refractivity contribution is -0.134. The van der Waals surface area contributed by atoms with E-state index in [9.17, 15) is 4.79 Å². The third kappa shape index (κ3) is 3.01. The van der Waals surface area contributed by atoms with Crippen molar-refractivity contribution in [2.24, 2.45) is 0 Å². The molecule has 0 aromatic heterocycles. The fourth-order valence-corrected chi connectivity index (χ4v) is 4.14. The Morgan fingerprint density at radius 3 is 2.57 bits per heavy atom. The molecule has 0 saturated carbocycles. The van der Waals surface area contributed by atoms with E-state index in [1.807, 2.05) is 32.1 Å². The number of hydrogen-bond acceptors (Lipinski definition) is 4. The zero-order chi connectivity index (χ0) is 19.8. The van der Waals surface area contributed by atoms with Gasteiger partial charge in [-0.2, -0.15) is 0 Å². The number of benzene rings is 2. The molecule has 4 rings (SSSR count). The van der Waals surface area contributed by atoms with Crippen LogP contribution >= 0.6 is 0 Å². The molecule has 2 aliphatic rings. The second-order valence-electron chi connectivity index (χ2n) is 7.54. The first-order valence-electron chi connectivity index (χ1n) is 9.79. The van der Waals surface area contributed by atoms with Gasteiger partial charge in [-0.1, -0.05) is 19.1 Å².